The van der Waals surface area contributed by atoms with Crippen molar-refractivity contribution in [2.45, 2.75) is 26.8 Å². The maximum absolute atomic E-state index is 12.5. The van der Waals surface area contributed by atoms with E-state index in [0.717, 1.165) is 17.0 Å². The van der Waals surface area contributed by atoms with Crippen LogP contribution in [0.1, 0.15) is 23.4 Å². The molecule has 0 aliphatic carbocycles. The highest BCUT2D eigenvalue weighted by Crippen LogP contribution is 2.13. The molecule has 1 aliphatic heterocycles. The molecule has 0 spiro atoms. The van der Waals surface area contributed by atoms with Crippen LogP contribution in [0.15, 0.2) is 41.8 Å². The first kappa shape index (κ1) is 20.3. The van der Waals surface area contributed by atoms with Crippen molar-refractivity contribution in [1.29, 1.82) is 0 Å². The monoisotopic (exact) mass is 402 g/mol. The lowest BCUT2D eigenvalue weighted by Crippen LogP contribution is -2.50. The molecule has 28 heavy (non-hydrogen) atoms. The average molecular weight is 403 g/mol. The van der Waals surface area contributed by atoms with E-state index in [-0.39, 0.29) is 5.91 Å². The van der Waals surface area contributed by atoms with E-state index >= 15 is 0 Å². The normalized spacial score (nSPS) is 16.0. The summed E-state index contributed by atoms with van der Waals surface area (Å²) < 4.78 is 28.3. The Bertz CT molecular complexity index is 943. The molecule has 1 fully saturated rings. The van der Waals surface area contributed by atoms with Crippen LogP contribution in [-0.4, -0.2) is 59.5 Å². The van der Waals surface area contributed by atoms with Gasteiger partial charge in [0, 0.05) is 50.2 Å². The fourth-order valence-electron chi connectivity index (χ4n) is 3.27. The third-order valence-electron chi connectivity index (χ3n) is 4.82. The van der Waals surface area contributed by atoms with Crippen molar-refractivity contribution >= 4 is 22.0 Å². The second kappa shape index (κ2) is 8.70. The second-order valence-corrected chi connectivity index (χ2v) is 8.76. The zero-order valence-electron chi connectivity index (χ0n) is 16.3. The highest BCUT2D eigenvalue weighted by Gasteiger charge is 2.27. The highest BCUT2D eigenvalue weighted by molar-refractivity contribution is 7.92. The lowest BCUT2D eigenvalue weighted by Gasteiger charge is -2.33. The molecule has 1 aromatic carbocycles. The molecule has 1 amide bonds. The number of piperazine rings is 1. The molecule has 0 radical (unpaired) electrons. The average Bonchev–Trinajstić information content (AvgIpc) is 3.02. The summed E-state index contributed by atoms with van der Waals surface area (Å²) in [5, 5.41) is 5.61. The number of nitrogens with zero attached hydrogens (tertiary/aromatic N) is 4. The van der Waals surface area contributed by atoms with Gasteiger partial charge >= 0.3 is 0 Å². The van der Waals surface area contributed by atoms with Gasteiger partial charge in [-0.3, -0.25) is 9.48 Å². The van der Waals surface area contributed by atoms with E-state index in [0.29, 0.717) is 39.1 Å². The van der Waals surface area contributed by atoms with Gasteiger partial charge in [0.25, 0.3) is 0 Å². The number of carbonyl (C=O) groups is 1. The first-order valence-electron chi connectivity index (χ1n) is 9.37. The van der Waals surface area contributed by atoms with E-state index in [9.17, 15) is 13.2 Å². The molecule has 0 atom stereocenters. The zero-order valence-corrected chi connectivity index (χ0v) is 17.1. The van der Waals surface area contributed by atoms with Crippen LogP contribution in [0.2, 0.25) is 0 Å². The largest absolute Gasteiger partial charge is 0.340 e. The molecule has 7 nitrogen and oxygen atoms in total. The Kier molecular flexibility index (Phi) is 6.31. The van der Waals surface area contributed by atoms with Gasteiger partial charge in [0.2, 0.25) is 15.9 Å². The lowest BCUT2D eigenvalue weighted by atomic mass is 10.2. The van der Waals surface area contributed by atoms with E-state index in [1.807, 2.05) is 54.9 Å². The van der Waals surface area contributed by atoms with Gasteiger partial charge in [0.15, 0.2) is 0 Å². The Morgan fingerprint density at radius 1 is 1.11 bits per heavy atom. The second-order valence-electron chi connectivity index (χ2n) is 6.94. The number of sulfonamides is 1. The third kappa shape index (κ3) is 5.08. The van der Waals surface area contributed by atoms with Gasteiger partial charge in [-0.05, 0) is 31.6 Å². The van der Waals surface area contributed by atoms with Crippen molar-refractivity contribution in [3.05, 3.63) is 58.8 Å². The number of hydrogen-bond acceptors (Lipinski definition) is 4. The van der Waals surface area contributed by atoms with Crippen LogP contribution < -0.4 is 0 Å². The van der Waals surface area contributed by atoms with Gasteiger partial charge in [-0.15, -0.1) is 0 Å². The molecule has 1 aliphatic rings. The summed E-state index contributed by atoms with van der Waals surface area (Å²) in [5.41, 5.74) is 2.81. The molecular weight excluding hydrogens is 376 g/mol. The van der Waals surface area contributed by atoms with Crippen molar-refractivity contribution in [2.24, 2.45) is 0 Å². The number of hydrogen-bond donors (Lipinski definition) is 0. The van der Waals surface area contributed by atoms with Crippen molar-refractivity contribution in [3.63, 3.8) is 0 Å². The molecule has 150 valence electrons. The molecule has 1 aromatic heterocycles. The summed E-state index contributed by atoms with van der Waals surface area (Å²) in [5.74, 6) is 0.0319. The van der Waals surface area contributed by atoms with Crippen LogP contribution in [0, 0.1) is 13.8 Å². The first-order valence-corrected chi connectivity index (χ1v) is 10.9. The minimum atomic E-state index is -3.49. The summed E-state index contributed by atoms with van der Waals surface area (Å²) >= 11 is 0. The Labute approximate surface area is 166 Å². The zero-order chi connectivity index (χ0) is 20.1. The van der Waals surface area contributed by atoms with Crippen molar-refractivity contribution in [2.75, 3.05) is 26.2 Å². The maximum Gasteiger partial charge on any atom is 0.236 e. The quantitative estimate of drug-likeness (QED) is 0.741. The number of amides is 1. The van der Waals surface area contributed by atoms with Crippen LogP contribution in [-0.2, 0) is 21.4 Å². The Hall–Kier alpha value is -2.45. The van der Waals surface area contributed by atoms with Gasteiger partial charge in [0.05, 0.1) is 5.69 Å². The van der Waals surface area contributed by atoms with Crippen molar-refractivity contribution < 1.29 is 13.2 Å². The van der Waals surface area contributed by atoms with E-state index in [2.05, 4.69) is 5.10 Å². The SMILES string of the molecule is Cc1cc(C)n(CCC(=O)N2CCN(S(=O)(=O)/C=C/c3ccccc3)CC2)n1. The fourth-order valence-corrected chi connectivity index (χ4v) is 4.44. The molecule has 3 rings (SSSR count). The molecule has 8 heteroatoms. The Balaban J connectivity index is 1.51. The van der Waals surface area contributed by atoms with Gasteiger partial charge in [0.1, 0.15) is 0 Å². The highest BCUT2D eigenvalue weighted by atomic mass is 32.2. The topological polar surface area (TPSA) is 75.5 Å². The molecular formula is C20H26N4O3S. The van der Waals surface area contributed by atoms with E-state index in [1.54, 1.807) is 11.0 Å². The number of aryl methyl sites for hydroxylation is 3. The number of aromatic nitrogens is 2. The fraction of sp³-hybridized carbons (Fsp3) is 0.400. The molecule has 0 N–H and O–H groups in total. The predicted molar refractivity (Wildman–Crippen MR) is 109 cm³/mol. The van der Waals surface area contributed by atoms with Crippen molar-refractivity contribution in [1.82, 2.24) is 19.0 Å². The smallest absolute Gasteiger partial charge is 0.236 e. The molecule has 2 heterocycles. The molecule has 2 aromatic rings. The van der Waals surface area contributed by atoms with E-state index in [1.165, 1.54) is 9.71 Å². The summed E-state index contributed by atoms with van der Waals surface area (Å²) in [6, 6.07) is 11.3. The summed E-state index contributed by atoms with van der Waals surface area (Å²) in [6.07, 6.45) is 1.96. The summed E-state index contributed by atoms with van der Waals surface area (Å²) in [6.45, 7) is 5.88. The summed E-state index contributed by atoms with van der Waals surface area (Å²) in [4.78, 5) is 14.2. The standard InChI is InChI=1S/C20H26N4O3S/c1-17-16-18(2)24(21-17)10-8-20(25)22-11-13-23(14-12-22)28(26,27)15-9-19-6-4-3-5-7-19/h3-7,9,15-16H,8,10-14H2,1-2H3/b15-9+. The van der Waals surface area contributed by atoms with Crippen molar-refractivity contribution in [3.8, 4) is 0 Å². The minimum absolute atomic E-state index is 0.0319. The summed E-state index contributed by atoms with van der Waals surface area (Å²) in [7, 11) is -3.49. The third-order valence-corrected chi connectivity index (χ3v) is 6.39. The van der Waals surface area contributed by atoms with E-state index < -0.39 is 10.0 Å². The van der Waals surface area contributed by atoms with Crippen LogP contribution >= 0.6 is 0 Å². The molecule has 0 saturated carbocycles. The number of benzene rings is 1. The Morgan fingerprint density at radius 2 is 1.79 bits per heavy atom. The van der Waals surface area contributed by atoms with Crippen LogP contribution in [0.3, 0.4) is 0 Å². The van der Waals surface area contributed by atoms with Gasteiger partial charge in [-0.25, -0.2) is 8.42 Å². The van der Waals surface area contributed by atoms with E-state index in [4.69, 9.17) is 0 Å². The number of carbonyl (C=O) groups excluding carboxylic acids is 1. The molecule has 0 unspecified atom stereocenters. The van der Waals surface area contributed by atoms with Crippen LogP contribution in [0.25, 0.3) is 6.08 Å². The maximum atomic E-state index is 12.5. The molecule has 0 bridgehead atoms. The lowest BCUT2D eigenvalue weighted by molar-refractivity contribution is -0.132. The first-order chi connectivity index (χ1) is 13.3. The minimum Gasteiger partial charge on any atom is -0.340 e. The molecule has 1 saturated heterocycles. The van der Waals surface area contributed by atoms with Crippen LogP contribution in [0.4, 0.5) is 0 Å². The van der Waals surface area contributed by atoms with Gasteiger partial charge in [-0.2, -0.15) is 9.40 Å². The number of rotatable bonds is 6. The van der Waals surface area contributed by atoms with Gasteiger partial charge in [-0.1, -0.05) is 30.3 Å². The van der Waals surface area contributed by atoms with Gasteiger partial charge < -0.3 is 4.90 Å². The Morgan fingerprint density at radius 3 is 2.39 bits per heavy atom. The van der Waals surface area contributed by atoms with Crippen LogP contribution in [0.5, 0.6) is 0 Å². The predicted octanol–water partition coefficient (Wildman–Crippen LogP) is 2.03.